The number of carbonyl (C=O) groups is 22. The number of rotatable bonds is 69. The van der Waals surface area contributed by atoms with Gasteiger partial charge in [-0.3, -0.25) is 117 Å². The van der Waals surface area contributed by atoms with Gasteiger partial charge in [0.2, 0.25) is 118 Å². The van der Waals surface area contributed by atoms with Crippen LogP contribution in [-0.2, 0) is 112 Å². The summed E-state index contributed by atoms with van der Waals surface area (Å²) in [6.07, 6.45) is 5.45. The Bertz CT molecular complexity index is 4680. The summed E-state index contributed by atoms with van der Waals surface area (Å²) in [6.45, 7) is 7.36. The van der Waals surface area contributed by atoms with Crippen molar-refractivity contribution in [3.63, 3.8) is 0 Å². The molecule has 2 aliphatic heterocycles. The lowest BCUT2D eigenvalue weighted by molar-refractivity contribution is -0.148. The first kappa shape index (κ1) is 127. The van der Waals surface area contributed by atoms with Crippen molar-refractivity contribution < 1.29 is 121 Å². The Morgan fingerprint density at radius 2 is 0.837 bits per heavy atom. The molecule has 0 saturated carbocycles. The van der Waals surface area contributed by atoms with Gasteiger partial charge in [0.1, 0.15) is 96.7 Å². The highest BCUT2D eigenvalue weighted by Gasteiger charge is 2.45. The molecule has 0 radical (unpaired) electrons. The third-order valence-electron chi connectivity index (χ3n) is 22.9. The Morgan fingerprint density at radius 1 is 0.435 bits per heavy atom. The number of imidazole rings is 1. The SMILES string of the molecule is CSCC[C@H](NC(=O)CNC(=O)[C@H](C)NC(=O)[C@H](C)NC(=O)[C@H](C)NC(=O)[C@H](CCCNC(=N)N)NC(=O)[C@H](CC(=O)O)NC(=O)[C@H](CC(N)=O)NC(=O)[C@H](CO)NC(=O)[C@H](CC(C)C)NC(=O)[C@H](CCSC)NC(=O)[C@H](Cc1cnc[nH]1)NC(=O)CNC(=O)[C@@H]1CCCN1C(=O)[C@@H]1CCCN1C(=O)[C@H](CCCNC(=N)N)NC(=O)CNC(=O)[C@H](CCCCN)NC(=O)[C@@H](N)CCCNC(=N)N)C(=O)N[C@H](C(=O)O)C(C)C. The summed E-state index contributed by atoms with van der Waals surface area (Å²) < 4.78 is 0. The molecule has 1 aromatic rings. The number of carboxylic acids is 2. The molecular formula is C87H149N33O25S2. The molecule has 0 aromatic carbocycles. The third kappa shape index (κ3) is 47.8. The van der Waals surface area contributed by atoms with Crippen LogP contribution in [0.3, 0.4) is 0 Å². The fraction of sp³-hybridized carbons (Fsp3) is 0.678. The number of aliphatic hydroxyl groups is 1. The van der Waals surface area contributed by atoms with Gasteiger partial charge >= 0.3 is 11.9 Å². The van der Waals surface area contributed by atoms with E-state index in [1.54, 1.807) is 40.2 Å². The predicted molar refractivity (Wildman–Crippen MR) is 534 cm³/mol. The molecule has 58 nitrogen and oxygen atoms in total. The number of nitrogens with two attached hydrogens (primary N) is 6. The number of aromatic nitrogens is 2. The number of H-pyrrole nitrogens is 1. The van der Waals surface area contributed by atoms with E-state index < -0.39 is 290 Å². The summed E-state index contributed by atoms with van der Waals surface area (Å²) in [6, 6.07) is -25.2. The lowest BCUT2D eigenvalue weighted by Gasteiger charge is -2.33. The van der Waals surface area contributed by atoms with Gasteiger partial charge in [-0.05, 0) is 166 Å². The van der Waals surface area contributed by atoms with Crippen LogP contribution in [0.25, 0.3) is 0 Å². The van der Waals surface area contributed by atoms with E-state index in [0.29, 0.717) is 50.1 Å². The Labute approximate surface area is 857 Å². The second kappa shape index (κ2) is 66.9. The van der Waals surface area contributed by atoms with Crippen molar-refractivity contribution in [1.82, 2.24) is 126 Å². The van der Waals surface area contributed by atoms with Crippen LogP contribution in [0.4, 0.5) is 0 Å². The van der Waals surface area contributed by atoms with Crippen LogP contribution in [0.2, 0.25) is 0 Å². The number of primary amides is 1. The van der Waals surface area contributed by atoms with Crippen LogP contribution in [-0.4, -0.2) is 375 Å². The molecule has 39 N–H and O–H groups in total. The van der Waals surface area contributed by atoms with Crippen LogP contribution < -0.4 is 141 Å². The van der Waals surface area contributed by atoms with E-state index in [4.69, 9.17) is 50.6 Å². The van der Waals surface area contributed by atoms with Gasteiger partial charge in [-0.15, -0.1) is 0 Å². The van der Waals surface area contributed by atoms with E-state index in [-0.39, 0.29) is 127 Å². The highest BCUT2D eigenvalue weighted by Crippen LogP contribution is 2.27. The minimum Gasteiger partial charge on any atom is -0.481 e. The Morgan fingerprint density at radius 3 is 1.33 bits per heavy atom. The van der Waals surface area contributed by atoms with Crippen molar-refractivity contribution in [2.75, 3.05) is 89.5 Å². The zero-order valence-corrected chi connectivity index (χ0v) is 85.6. The fourth-order valence-electron chi connectivity index (χ4n) is 15.0. The van der Waals surface area contributed by atoms with Gasteiger partial charge < -0.3 is 171 Å². The Balaban J connectivity index is 1.77. The second-order valence-electron chi connectivity index (χ2n) is 35.8. The molecule has 0 bridgehead atoms. The molecular weight excluding hydrogens is 1970 g/mol. The van der Waals surface area contributed by atoms with E-state index >= 15 is 0 Å². The highest BCUT2D eigenvalue weighted by molar-refractivity contribution is 7.98. The van der Waals surface area contributed by atoms with Crippen molar-refractivity contribution in [2.45, 2.75) is 273 Å². The maximum atomic E-state index is 14.7. The van der Waals surface area contributed by atoms with Gasteiger partial charge in [-0.1, -0.05) is 27.7 Å². The number of guanidine groups is 3. The Kier molecular flexibility index (Phi) is 57.8. The number of hydrogen-bond donors (Lipinski definition) is 33. The summed E-state index contributed by atoms with van der Waals surface area (Å²) in [4.78, 5) is 310. The number of aliphatic hydroxyl groups excluding tert-OH is 1. The third-order valence-corrected chi connectivity index (χ3v) is 24.2. The van der Waals surface area contributed by atoms with E-state index in [0.717, 1.165) is 6.92 Å². The van der Waals surface area contributed by atoms with E-state index in [1.807, 2.05) is 0 Å². The number of aromatic amines is 1. The summed E-state index contributed by atoms with van der Waals surface area (Å²) in [7, 11) is 0. The fourth-order valence-corrected chi connectivity index (χ4v) is 16.0. The molecule has 20 amide bonds. The number of likely N-dealkylation sites (tertiary alicyclic amines) is 2. The van der Waals surface area contributed by atoms with Crippen LogP contribution in [0.5, 0.6) is 0 Å². The predicted octanol–water partition coefficient (Wildman–Crippen LogP) is -12.0. The second-order valence-corrected chi connectivity index (χ2v) is 37.8. The normalized spacial score (nSPS) is 16.2. The Hall–Kier alpha value is -14.1. The number of thioether (sulfide) groups is 2. The molecule has 17 atom stereocenters. The van der Waals surface area contributed by atoms with Crippen molar-refractivity contribution >= 4 is 171 Å². The zero-order valence-electron chi connectivity index (χ0n) is 84.0. The van der Waals surface area contributed by atoms with E-state index in [2.05, 4.69) is 116 Å². The summed E-state index contributed by atoms with van der Waals surface area (Å²) in [5, 5.41) is 101. The van der Waals surface area contributed by atoms with Crippen molar-refractivity contribution in [1.29, 1.82) is 16.2 Å². The molecule has 2 aliphatic rings. The topological polar surface area (TPSA) is 940 Å². The van der Waals surface area contributed by atoms with Crippen LogP contribution >= 0.6 is 23.5 Å². The maximum Gasteiger partial charge on any atom is 0.326 e. The average molecular weight is 2120 g/mol. The first-order valence-electron chi connectivity index (χ1n) is 48.0. The lowest BCUT2D eigenvalue weighted by atomic mass is 10.0. The molecule has 0 aliphatic carbocycles. The van der Waals surface area contributed by atoms with Crippen molar-refractivity contribution in [2.24, 2.45) is 46.2 Å². The molecule has 1 aromatic heterocycles. The van der Waals surface area contributed by atoms with Crippen LogP contribution in [0.1, 0.15) is 170 Å². The van der Waals surface area contributed by atoms with Gasteiger partial charge in [-0.2, -0.15) is 23.5 Å². The molecule has 0 unspecified atom stereocenters. The lowest BCUT2D eigenvalue weighted by Crippen LogP contribution is -2.61. The average Bonchev–Trinajstić information content (AvgIpc) is 1.65. The van der Waals surface area contributed by atoms with Gasteiger partial charge in [0.25, 0.3) is 0 Å². The number of unbranched alkanes of at least 4 members (excludes halogenated alkanes) is 1. The number of amides is 20. The van der Waals surface area contributed by atoms with Crippen molar-refractivity contribution in [3.05, 3.63) is 18.2 Å². The number of nitrogens with one attached hydrogen (secondary N) is 24. The molecule has 2 fully saturated rings. The minimum atomic E-state index is -2.17. The molecule has 147 heavy (non-hydrogen) atoms. The van der Waals surface area contributed by atoms with Gasteiger partial charge in [0.15, 0.2) is 17.9 Å². The number of aliphatic carboxylic acids is 2. The van der Waals surface area contributed by atoms with Crippen LogP contribution in [0.15, 0.2) is 12.5 Å². The largest absolute Gasteiger partial charge is 0.481 e. The summed E-state index contributed by atoms with van der Waals surface area (Å²) in [5.74, 6) is -23.9. The van der Waals surface area contributed by atoms with E-state index in [9.17, 15) is 121 Å². The van der Waals surface area contributed by atoms with Crippen LogP contribution in [0, 0.1) is 28.1 Å². The van der Waals surface area contributed by atoms with Gasteiger partial charge in [0, 0.05) is 51.0 Å². The first-order chi connectivity index (χ1) is 69.4. The molecule has 0 spiro atoms. The maximum absolute atomic E-state index is 14.7. The molecule has 3 rings (SSSR count). The molecule has 3 heterocycles. The van der Waals surface area contributed by atoms with Gasteiger partial charge in [-0.25, -0.2) is 9.78 Å². The molecule has 60 heteroatoms. The molecule has 824 valence electrons. The first-order valence-corrected chi connectivity index (χ1v) is 50.8. The minimum absolute atomic E-state index is 0.0429. The standard InChI is InChI=1S/C87H149N33O25S2/c1-43(2)33-55(76(136)117-59(41-121)80(140)115-57(35-62(90)122)78(138)116-58(36-66(126)127)79(139)112-51(19-13-27-99-86(93)94)73(133)107-47(7)70(130)106-46(6)69(129)105-45(5)68(128)101-38-63(123)108-52(23-31-146-8)75(135)118-67(44(3)4)84(144)145)114-74(134)53(24-32-147-9)113-77(137)56(34-48-37-97-42-104-48)110-65(125)40-103-81(141)60-21-15-29-119(60)83(143)61-22-16-30-120(61)82(142)54(20-14-28-100-87(95)96)109-64(124)39-102-72(132)50(18-10-11-25-88)111-71(131)49(89)17-12-26-98-85(91)92/h37,42-47,49-61,67,121H,10-36,38-41,88-89H2,1-9H3,(H2,90,122)(H,97,104)(H,101,128)(H,102,132)(H,103,141)(H,105,129)(H,106,130)(H,107,133)(H,108,123)(H,109,124)(H,110,125)(H,111,131)(H,112,139)(H,113,137)(H,114,134)(H,115,140)(H,116,138)(H,117,136)(H,118,135)(H,126,127)(H,144,145)(H4,91,92,98)(H4,93,94,99)(H4,95,96,100)/t45-,46-,47-,49-,50-,51-,52-,53-,54-,55-,56-,57-,58-,59-,60-,61-,67-/m0/s1. The molecule has 2 saturated heterocycles. The van der Waals surface area contributed by atoms with E-state index in [1.165, 1.54) is 59.7 Å². The zero-order chi connectivity index (χ0) is 110. The number of nitrogens with zero attached hydrogens (tertiary/aromatic N) is 3. The number of carboxylic acid groups (broad SMARTS) is 2. The quantitative estimate of drug-likeness (QED) is 0.0164. The highest BCUT2D eigenvalue weighted by atomic mass is 32.2. The van der Waals surface area contributed by atoms with Gasteiger partial charge in [0.05, 0.1) is 51.5 Å². The summed E-state index contributed by atoms with van der Waals surface area (Å²) in [5.41, 5.74) is 33.8. The van der Waals surface area contributed by atoms with Crippen molar-refractivity contribution in [3.8, 4) is 0 Å². The number of carbonyl (C=O) groups excluding carboxylic acids is 20. The smallest absolute Gasteiger partial charge is 0.326 e. The summed E-state index contributed by atoms with van der Waals surface area (Å²) >= 11 is 2.60. The number of hydrogen-bond acceptors (Lipinski definition) is 31. The monoisotopic (exact) mass is 2120 g/mol.